The van der Waals surface area contributed by atoms with Crippen LogP contribution in [0.5, 0.6) is 0 Å². The van der Waals surface area contributed by atoms with Gasteiger partial charge in [0.15, 0.2) is 0 Å². The van der Waals surface area contributed by atoms with Crippen molar-refractivity contribution in [1.29, 1.82) is 5.26 Å². The van der Waals surface area contributed by atoms with Gasteiger partial charge in [0.25, 0.3) is 0 Å². The molecule has 0 spiro atoms. The van der Waals surface area contributed by atoms with E-state index in [1.54, 1.807) is 36.4 Å². The Morgan fingerprint density at radius 2 is 1.88 bits per heavy atom. The average molecular weight is 244 g/mol. The number of anilines is 1. The van der Waals surface area contributed by atoms with Gasteiger partial charge in [-0.05, 0) is 30.3 Å². The van der Waals surface area contributed by atoms with Crippen molar-refractivity contribution in [2.45, 2.75) is 9.79 Å². The average Bonchev–Trinajstić information content (AvgIpc) is 2.35. The van der Waals surface area contributed by atoms with Gasteiger partial charge in [-0.25, -0.2) is 4.39 Å². The summed E-state index contributed by atoms with van der Waals surface area (Å²) in [6, 6.07) is 13.5. The van der Waals surface area contributed by atoms with Crippen LogP contribution in [0.1, 0.15) is 5.56 Å². The van der Waals surface area contributed by atoms with Crippen molar-refractivity contribution in [2.75, 3.05) is 5.73 Å². The zero-order valence-corrected chi connectivity index (χ0v) is 9.67. The van der Waals surface area contributed by atoms with Crippen LogP contribution in [-0.2, 0) is 0 Å². The fraction of sp³-hybridized carbons (Fsp3) is 0. The second kappa shape index (κ2) is 4.89. The zero-order chi connectivity index (χ0) is 12.3. The molecule has 0 aliphatic heterocycles. The molecule has 0 aliphatic rings. The Morgan fingerprint density at radius 3 is 2.59 bits per heavy atom. The van der Waals surface area contributed by atoms with Crippen LogP contribution in [0.15, 0.2) is 52.3 Å². The molecule has 2 aromatic carbocycles. The van der Waals surface area contributed by atoms with Gasteiger partial charge in [0, 0.05) is 15.5 Å². The Balaban J connectivity index is 2.37. The number of nitrogens with two attached hydrogens (primary N) is 1. The smallest absolute Gasteiger partial charge is 0.137 e. The molecule has 17 heavy (non-hydrogen) atoms. The minimum Gasteiger partial charge on any atom is -0.398 e. The molecular weight excluding hydrogens is 235 g/mol. The quantitative estimate of drug-likeness (QED) is 0.823. The van der Waals surface area contributed by atoms with E-state index in [2.05, 4.69) is 0 Å². The third-order valence-corrected chi connectivity index (χ3v) is 3.32. The highest BCUT2D eigenvalue weighted by Crippen LogP contribution is 2.33. The van der Waals surface area contributed by atoms with Gasteiger partial charge in [-0.3, -0.25) is 0 Å². The molecule has 0 unspecified atom stereocenters. The predicted molar refractivity (Wildman–Crippen MR) is 66.1 cm³/mol. The van der Waals surface area contributed by atoms with E-state index in [4.69, 9.17) is 11.0 Å². The second-order valence-corrected chi connectivity index (χ2v) is 4.48. The number of rotatable bonds is 2. The summed E-state index contributed by atoms with van der Waals surface area (Å²) >= 11 is 1.22. The summed E-state index contributed by atoms with van der Waals surface area (Å²) in [6.45, 7) is 0. The summed E-state index contributed by atoms with van der Waals surface area (Å²) in [5.74, 6) is -0.292. The number of nitriles is 1. The molecule has 0 aliphatic carbocycles. The number of nitrogens with zero attached hydrogens (tertiary/aromatic N) is 1. The van der Waals surface area contributed by atoms with Crippen LogP contribution in [0.3, 0.4) is 0 Å². The van der Waals surface area contributed by atoms with Crippen LogP contribution in [-0.4, -0.2) is 0 Å². The van der Waals surface area contributed by atoms with E-state index in [1.165, 1.54) is 17.8 Å². The topological polar surface area (TPSA) is 49.8 Å². The summed E-state index contributed by atoms with van der Waals surface area (Å²) in [4.78, 5) is 1.18. The van der Waals surface area contributed by atoms with Crippen molar-refractivity contribution >= 4 is 17.4 Å². The number of nitrogen functional groups attached to an aromatic ring is 1. The van der Waals surface area contributed by atoms with Gasteiger partial charge < -0.3 is 5.73 Å². The molecular formula is C13H9FN2S. The standard InChI is InChI=1S/C13H9FN2S/c14-10-3-1-2-4-12(10)17-13-7-9(8-15)5-6-11(13)16/h1-7H,16H2. The first-order valence-corrected chi connectivity index (χ1v) is 5.74. The summed E-state index contributed by atoms with van der Waals surface area (Å²) in [7, 11) is 0. The summed E-state index contributed by atoms with van der Waals surface area (Å²) in [5.41, 5.74) is 6.84. The monoisotopic (exact) mass is 244 g/mol. The molecule has 0 atom stereocenters. The van der Waals surface area contributed by atoms with E-state index in [-0.39, 0.29) is 5.82 Å². The predicted octanol–water partition coefficient (Wildman–Crippen LogP) is 3.43. The largest absolute Gasteiger partial charge is 0.398 e. The Bertz CT molecular complexity index is 590. The lowest BCUT2D eigenvalue weighted by Crippen LogP contribution is -1.90. The molecule has 0 aromatic heterocycles. The van der Waals surface area contributed by atoms with E-state index >= 15 is 0 Å². The number of hydrogen-bond acceptors (Lipinski definition) is 3. The highest BCUT2D eigenvalue weighted by atomic mass is 32.2. The highest BCUT2D eigenvalue weighted by molar-refractivity contribution is 7.99. The van der Waals surface area contributed by atoms with Crippen molar-refractivity contribution in [3.05, 3.63) is 53.8 Å². The van der Waals surface area contributed by atoms with Crippen molar-refractivity contribution in [3.63, 3.8) is 0 Å². The molecule has 0 bridgehead atoms. The van der Waals surface area contributed by atoms with Gasteiger partial charge in [0.1, 0.15) is 5.82 Å². The molecule has 0 fully saturated rings. The third-order valence-electron chi connectivity index (χ3n) is 2.20. The van der Waals surface area contributed by atoms with Gasteiger partial charge in [-0.1, -0.05) is 23.9 Å². The molecule has 0 saturated carbocycles. The molecule has 2 N–H and O–H groups in total. The molecule has 2 nitrogen and oxygen atoms in total. The molecule has 0 radical (unpaired) electrons. The molecule has 2 rings (SSSR count). The fourth-order valence-electron chi connectivity index (χ4n) is 1.34. The summed E-state index contributed by atoms with van der Waals surface area (Å²) in [6.07, 6.45) is 0. The zero-order valence-electron chi connectivity index (χ0n) is 8.85. The molecule has 0 amide bonds. The van der Waals surface area contributed by atoms with Crippen LogP contribution in [0, 0.1) is 17.1 Å². The minimum atomic E-state index is -0.292. The first-order chi connectivity index (χ1) is 8.20. The van der Waals surface area contributed by atoms with E-state index in [0.717, 1.165) is 0 Å². The van der Waals surface area contributed by atoms with Crippen LogP contribution >= 0.6 is 11.8 Å². The Hall–Kier alpha value is -1.99. The maximum Gasteiger partial charge on any atom is 0.137 e. The normalized spacial score (nSPS) is 9.88. The van der Waals surface area contributed by atoms with E-state index < -0.39 is 0 Å². The lowest BCUT2D eigenvalue weighted by molar-refractivity contribution is 0.602. The van der Waals surface area contributed by atoms with Crippen LogP contribution in [0.4, 0.5) is 10.1 Å². The highest BCUT2D eigenvalue weighted by Gasteiger charge is 2.07. The molecule has 4 heteroatoms. The summed E-state index contributed by atoms with van der Waals surface area (Å²) in [5, 5.41) is 8.80. The van der Waals surface area contributed by atoms with Crippen molar-refractivity contribution in [2.24, 2.45) is 0 Å². The van der Waals surface area contributed by atoms with Crippen molar-refractivity contribution in [1.82, 2.24) is 0 Å². The van der Waals surface area contributed by atoms with E-state index in [0.29, 0.717) is 21.0 Å². The Morgan fingerprint density at radius 1 is 1.12 bits per heavy atom. The first-order valence-electron chi connectivity index (χ1n) is 4.92. The lowest BCUT2D eigenvalue weighted by Gasteiger charge is -2.06. The number of halogens is 1. The van der Waals surface area contributed by atoms with Crippen molar-refractivity contribution in [3.8, 4) is 6.07 Å². The Kier molecular flexibility index (Phi) is 3.31. The third kappa shape index (κ3) is 2.58. The SMILES string of the molecule is N#Cc1ccc(N)c(Sc2ccccc2F)c1. The lowest BCUT2D eigenvalue weighted by atomic mass is 10.2. The van der Waals surface area contributed by atoms with Crippen LogP contribution < -0.4 is 5.73 Å². The fourth-order valence-corrected chi connectivity index (χ4v) is 2.26. The maximum atomic E-state index is 13.5. The van der Waals surface area contributed by atoms with E-state index in [9.17, 15) is 4.39 Å². The van der Waals surface area contributed by atoms with Crippen LogP contribution in [0.25, 0.3) is 0 Å². The number of benzene rings is 2. The molecule has 84 valence electrons. The van der Waals surface area contributed by atoms with Crippen molar-refractivity contribution < 1.29 is 4.39 Å². The van der Waals surface area contributed by atoms with Gasteiger partial charge in [-0.15, -0.1) is 0 Å². The van der Waals surface area contributed by atoms with E-state index in [1.807, 2.05) is 6.07 Å². The summed E-state index contributed by atoms with van der Waals surface area (Å²) < 4.78 is 13.5. The maximum absolute atomic E-state index is 13.5. The van der Waals surface area contributed by atoms with Gasteiger partial charge in [0.2, 0.25) is 0 Å². The Labute approximate surface area is 103 Å². The van der Waals surface area contributed by atoms with Gasteiger partial charge in [0.05, 0.1) is 11.6 Å². The molecule has 0 saturated heterocycles. The van der Waals surface area contributed by atoms with Gasteiger partial charge >= 0.3 is 0 Å². The number of hydrogen-bond donors (Lipinski definition) is 1. The minimum absolute atomic E-state index is 0.292. The molecule has 2 aromatic rings. The van der Waals surface area contributed by atoms with Gasteiger partial charge in [-0.2, -0.15) is 5.26 Å². The van der Waals surface area contributed by atoms with Crippen LogP contribution in [0.2, 0.25) is 0 Å². The second-order valence-electron chi connectivity index (χ2n) is 3.40. The molecule has 0 heterocycles. The first kappa shape index (κ1) is 11.5.